The van der Waals surface area contributed by atoms with E-state index in [2.05, 4.69) is 19.2 Å². The van der Waals surface area contributed by atoms with Gasteiger partial charge in [-0.1, -0.05) is 20.3 Å². The molecule has 1 saturated heterocycles. The van der Waals surface area contributed by atoms with Gasteiger partial charge in [-0.25, -0.2) is 4.79 Å². The van der Waals surface area contributed by atoms with Gasteiger partial charge in [0, 0.05) is 25.6 Å². The quantitative estimate of drug-likeness (QED) is 0.838. The van der Waals surface area contributed by atoms with E-state index >= 15 is 0 Å². The highest BCUT2D eigenvalue weighted by Crippen LogP contribution is 2.34. The minimum Gasteiger partial charge on any atom is -0.481 e. The fourth-order valence-electron chi connectivity index (χ4n) is 3.86. The van der Waals surface area contributed by atoms with Crippen molar-refractivity contribution in [2.24, 2.45) is 17.8 Å². The summed E-state index contributed by atoms with van der Waals surface area (Å²) in [6.07, 6.45) is 5.32. The fraction of sp³-hybridized carbons (Fsp3) is 0.875. The minimum atomic E-state index is -0.733. The molecule has 1 heterocycles. The molecule has 0 spiro atoms. The van der Waals surface area contributed by atoms with E-state index < -0.39 is 5.97 Å². The first-order chi connectivity index (χ1) is 10.0. The molecule has 0 aromatic rings. The number of nitrogens with zero attached hydrogens (tertiary/aromatic N) is 1. The van der Waals surface area contributed by atoms with Crippen molar-refractivity contribution < 1.29 is 14.7 Å². The van der Waals surface area contributed by atoms with Crippen LogP contribution in [0.15, 0.2) is 0 Å². The van der Waals surface area contributed by atoms with Gasteiger partial charge in [-0.2, -0.15) is 0 Å². The Morgan fingerprint density at radius 2 is 1.86 bits per heavy atom. The van der Waals surface area contributed by atoms with Crippen molar-refractivity contribution in [2.75, 3.05) is 13.1 Å². The van der Waals surface area contributed by atoms with Gasteiger partial charge in [0.05, 0.1) is 0 Å². The number of aliphatic carboxylic acids is 1. The van der Waals surface area contributed by atoms with Gasteiger partial charge in [-0.3, -0.25) is 4.79 Å². The number of piperidine rings is 1. The van der Waals surface area contributed by atoms with Crippen molar-refractivity contribution >= 4 is 12.0 Å². The van der Waals surface area contributed by atoms with Crippen molar-refractivity contribution in [1.82, 2.24) is 10.2 Å². The Labute approximate surface area is 127 Å². The molecule has 2 rings (SSSR count). The number of hydrogen-bond acceptors (Lipinski definition) is 2. The highest BCUT2D eigenvalue weighted by Gasteiger charge is 2.34. The zero-order chi connectivity index (χ0) is 15.4. The number of rotatable bonds is 4. The number of amides is 2. The third-order valence-electron chi connectivity index (χ3n) is 5.42. The lowest BCUT2D eigenvalue weighted by Crippen LogP contribution is -2.49. The van der Waals surface area contributed by atoms with Gasteiger partial charge in [0.2, 0.25) is 0 Å². The van der Waals surface area contributed by atoms with E-state index in [0.29, 0.717) is 25.0 Å². The lowest BCUT2D eigenvalue weighted by Gasteiger charge is -2.33. The summed E-state index contributed by atoms with van der Waals surface area (Å²) in [5, 5.41) is 12.0. The van der Waals surface area contributed by atoms with E-state index in [0.717, 1.165) is 25.2 Å². The topological polar surface area (TPSA) is 69.6 Å². The number of likely N-dealkylation sites (tertiary alicyclic amines) is 1. The molecule has 3 unspecified atom stereocenters. The Bertz CT molecular complexity index is 378. The van der Waals surface area contributed by atoms with E-state index in [1.807, 2.05) is 4.90 Å². The van der Waals surface area contributed by atoms with Crippen LogP contribution >= 0.6 is 0 Å². The minimum absolute atomic E-state index is 0.0392. The lowest BCUT2D eigenvalue weighted by atomic mass is 9.93. The summed E-state index contributed by atoms with van der Waals surface area (Å²) >= 11 is 0. The van der Waals surface area contributed by atoms with Crippen LogP contribution in [0.25, 0.3) is 0 Å². The molecule has 0 radical (unpaired) electrons. The molecule has 0 aromatic heterocycles. The lowest BCUT2D eigenvalue weighted by molar-refractivity contribution is -0.138. The second-order valence-corrected chi connectivity index (χ2v) is 6.69. The molecule has 5 heteroatoms. The van der Waals surface area contributed by atoms with Crippen LogP contribution in [0.2, 0.25) is 0 Å². The predicted octanol–water partition coefficient (Wildman–Crippen LogP) is 2.71. The number of nitrogens with one attached hydrogen (secondary N) is 1. The van der Waals surface area contributed by atoms with Crippen molar-refractivity contribution in [2.45, 2.75) is 58.4 Å². The van der Waals surface area contributed by atoms with Crippen LogP contribution in [0.1, 0.15) is 52.4 Å². The normalized spacial score (nSPS) is 30.4. The maximum absolute atomic E-state index is 12.3. The summed E-state index contributed by atoms with van der Waals surface area (Å²) in [7, 11) is 0. The molecule has 3 atom stereocenters. The molecule has 0 aromatic carbocycles. The number of carbonyl (C=O) groups excluding carboxylic acids is 1. The number of carboxylic acid groups (broad SMARTS) is 1. The highest BCUT2D eigenvalue weighted by atomic mass is 16.4. The average Bonchev–Trinajstić information content (AvgIpc) is 2.79. The molecule has 1 saturated carbocycles. The maximum Gasteiger partial charge on any atom is 0.317 e. The van der Waals surface area contributed by atoms with Crippen LogP contribution in [-0.4, -0.2) is 41.1 Å². The van der Waals surface area contributed by atoms with Gasteiger partial charge in [0.25, 0.3) is 0 Å². The Balaban J connectivity index is 1.76. The molecular weight excluding hydrogens is 268 g/mol. The van der Waals surface area contributed by atoms with E-state index in [1.165, 1.54) is 12.8 Å². The molecule has 1 aliphatic heterocycles. The smallest absolute Gasteiger partial charge is 0.317 e. The first kappa shape index (κ1) is 16.1. The summed E-state index contributed by atoms with van der Waals surface area (Å²) in [6.45, 7) is 5.83. The fourth-order valence-corrected chi connectivity index (χ4v) is 3.86. The third-order valence-corrected chi connectivity index (χ3v) is 5.42. The van der Waals surface area contributed by atoms with Gasteiger partial charge in [-0.15, -0.1) is 0 Å². The van der Waals surface area contributed by atoms with Crippen LogP contribution in [0.4, 0.5) is 4.79 Å². The van der Waals surface area contributed by atoms with Crippen molar-refractivity contribution in [3.8, 4) is 0 Å². The zero-order valence-corrected chi connectivity index (χ0v) is 13.2. The average molecular weight is 296 g/mol. The zero-order valence-electron chi connectivity index (χ0n) is 13.2. The van der Waals surface area contributed by atoms with E-state index in [-0.39, 0.29) is 18.4 Å². The number of carbonyl (C=O) groups is 2. The highest BCUT2D eigenvalue weighted by molar-refractivity contribution is 5.74. The largest absolute Gasteiger partial charge is 0.481 e. The van der Waals surface area contributed by atoms with Gasteiger partial charge in [0.1, 0.15) is 0 Å². The molecule has 2 amide bonds. The second-order valence-electron chi connectivity index (χ2n) is 6.69. The maximum atomic E-state index is 12.3. The molecule has 5 nitrogen and oxygen atoms in total. The summed E-state index contributed by atoms with van der Waals surface area (Å²) in [4.78, 5) is 24.9. The Morgan fingerprint density at radius 3 is 2.38 bits per heavy atom. The van der Waals surface area contributed by atoms with Crippen molar-refractivity contribution in [1.29, 1.82) is 0 Å². The Hall–Kier alpha value is -1.26. The first-order valence-electron chi connectivity index (χ1n) is 8.28. The monoisotopic (exact) mass is 296 g/mol. The Morgan fingerprint density at radius 1 is 1.19 bits per heavy atom. The van der Waals surface area contributed by atoms with E-state index in [1.54, 1.807) is 0 Å². The van der Waals surface area contributed by atoms with E-state index in [9.17, 15) is 9.59 Å². The molecule has 0 bridgehead atoms. The molecule has 1 aliphatic carbocycles. The summed E-state index contributed by atoms with van der Waals surface area (Å²) < 4.78 is 0. The van der Waals surface area contributed by atoms with Crippen LogP contribution in [0, 0.1) is 17.8 Å². The number of hydrogen-bond donors (Lipinski definition) is 2. The molecule has 2 fully saturated rings. The van der Waals surface area contributed by atoms with Crippen molar-refractivity contribution in [3.63, 3.8) is 0 Å². The van der Waals surface area contributed by atoms with Crippen LogP contribution in [-0.2, 0) is 4.79 Å². The Kier molecular flexibility index (Phi) is 5.48. The summed E-state index contributed by atoms with van der Waals surface area (Å²) in [5.41, 5.74) is 0. The second kappa shape index (κ2) is 7.14. The molecule has 2 aliphatic rings. The predicted molar refractivity (Wildman–Crippen MR) is 81.0 cm³/mol. The van der Waals surface area contributed by atoms with Crippen LogP contribution in [0.5, 0.6) is 0 Å². The van der Waals surface area contributed by atoms with Crippen LogP contribution in [0.3, 0.4) is 0 Å². The van der Waals surface area contributed by atoms with Gasteiger partial charge in [-0.05, 0) is 43.4 Å². The molecule has 2 N–H and O–H groups in total. The molecular formula is C16H28N2O3. The van der Waals surface area contributed by atoms with Crippen molar-refractivity contribution in [3.05, 3.63) is 0 Å². The van der Waals surface area contributed by atoms with Gasteiger partial charge < -0.3 is 15.3 Å². The van der Waals surface area contributed by atoms with E-state index in [4.69, 9.17) is 5.11 Å². The SMILES string of the molecule is CCC1CCC(NC(=O)N2CCC(CC(=O)O)CC2)C1C. The summed E-state index contributed by atoms with van der Waals surface area (Å²) in [6, 6.07) is 0.344. The number of carboxylic acids is 1. The van der Waals surface area contributed by atoms with Crippen LogP contribution < -0.4 is 5.32 Å². The first-order valence-corrected chi connectivity index (χ1v) is 8.28. The summed E-state index contributed by atoms with van der Waals surface area (Å²) in [5.74, 6) is 0.782. The number of urea groups is 1. The standard InChI is InChI=1S/C16H28N2O3/c1-3-13-4-5-14(11(13)2)17-16(21)18-8-6-12(7-9-18)10-15(19)20/h11-14H,3-10H2,1-2H3,(H,17,21)(H,19,20). The molecule has 120 valence electrons. The molecule has 21 heavy (non-hydrogen) atoms. The third kappa shape index (κ3) is 4.11. The van der Waals surface area contributed by atoms with Gasteiger partial charge >= 0.3 is 12.0 Å². The van der Waals surface area contributed by atoms with Gasteiger partial charge in [0.15, 0.2) is 0 Å².